The fourth-order valence-corrected chi connectivity index (χ4v) is 2.53. The van der Waals surface area contributed by atoms with Gasteiger partial charge in [-0.2, -0.15) is 0 Å². The summed E-state index contributed by atoms with van der Waals surface area (Å²) in [7, 11) is 0. The molecule has 2 amide bonds. The Kier molecular flexibility index (Phi) is 3.31. The Balaban J connectivity index is 1.83. The molecule has 0 saturated carbocycles. The van der Waals surface area contributed by atoms with E-state index in [9.17, 15) is 14.4 Å². The van der Waals surface area contributed by atoms with Crippen LogP contribution in [0.3, 0.4) is 0 Å². The molecule has 6 nitrogen and oxygen atoms in total. The first-order valence-corrected chi connectivity index (χ1v) is 6.73. The van der Waals surface area contributed by atoms with Gasteiger partial charge in [0.25, 0.3) is 0 Å². The Bertz CT molecular complexity index is 735. The van der Waals surface area contributed by atoms with E-state index in [1.54, 1.807) is 18.0 Å². The van der Waals surface area contributed by atoms with Gasteiger partial charge in [0.05, 0.1) is 19.1 Å². The average Bonchev–Trinajstić information content (AvgIpc) is 2.88. The molecule has 1 aromatic carbocycles. The second kappa shape index (κ2) is 5.14. The quantitative estimate of drug-likeness (QED) is 0.642. The summed E-state index contributed by atoms with van der Waals surface area (Å²) in [5.41, 5.74) is 1.47. The minimum Gasteiger partial charge on any atom is -0.360 e. The number of carbonyl (C=O) groups is 3. The van der Waals surface area contributed by atoms with Gasteiger partial charge in [-0.1, -0.05) is 18.2 Å². The van der Waals surface area contributed by atoms with Crippen LogP contribution in [-0.2, 0) is 9.59 Å². The number of aromatic nitrogens is 1. The predicted molar refractivity (Wildman–Crippen MR) is 76.8 cm³/mol. The number of amides is 2. The lowest BCUT2D eigenvalue weighted by Crippen LogP contribution is -2.57. The zero-order valence-corrected chi connectivity index (χ0v) is 11.6. The number of imide groups is 1. The van der Waals surface area contributed by atoms with Crippen LogP contribution in [0, 0.1) is 0 Å². The van der Waals surface area contributed by atoms with Crippen LogP contribution in [-0.4, -0.2) is 46.6 Å². The Labute approximate surface area is 121 Å². The van der Waals surface area contributed by atoms with Gasteiger partial charge < -0.3 is 4.98 Å². The van der Waals surface area contributed by atoms with Crippen molar-refractivity contribution in [2.24, 2.45) is 0 Å². The van der Waals surface area contributed by atoms with Crippen molar-refractivity contribution in [2.75, 3.05) is 13.1 Å². The number of H-pyrrole nitrogens is 1. The molecule has 0 aliphatic carbocycles. The van der Waals surface area contributed by atoms with E-state index < -0.39 is 6.04 Å². The van der Waals surface area contributed by atoms with Crippen LogP contribution >= 0.6 is 0 Å². The number of carbonyl (C=O) groups excluding carboxylic acids is 3. The third-order valence-corrected chi connectivity index (χ3v) is 3.77. The first-order chi connectivity index (χ1) is 10.1. The number of Topliss-reactive ketones (excluding diaryl/α,β-unsaturated/α-hetero) is 1. The van der Waals surface area contributed by atoms with Crippen LogP contribution in [0.2, 0.25) is 0 Å². The van der Waals surface area contributed by atoms with Gasteiger partial charge in [0, 0.05) is 22.7 Å². The lowest BCUT2D eigenvalue weighted by atomic mass is 10.1. The molecule has 6 heteroatoms. The zero-order valence-electron chi connectivity index (χ0n) is 11.6. The highest BCUT2D eigenvalue weighted by atomic mass is 16.2. The molecule has 1 aliphatic heterocycles. The van der Waals surface area contributed by atoms with Crippen LogP contribution < -0.4 is 5.32 Å². The minimum atomic E-state index is -0.489. The van der Waals surface area contributed by atoms with Gasteiger partial charge in [-0.05, 0) is 13.0 Å². The molecule has 0 bridgehead atoms. The number of ketones is 1. The molecule has 21 heavy (non-hydrogen) atoms. The van der Waals surface area contributed by atoms with Gasteiger partial charge in [-0.3, -0.25) is 24.6 Å². The van der Waals surface area contributed by atoms with Crippen molar-refractivity contribution in [1.82, 2.24) is 15.2 Å². The second-order valence-corrected chi connectivity index (χ2v) is 5.16. The smallest absolute Gasteiger partial charge is 0.243 e. The first kappa shape index (κ1) is 13.5. The van der Waals surface area contributed by atoms with Crippen molar-refractivity contribution in [3.63, 3.8) is 0 Å². The largest absolute Gasteiger partial charge is 0.360 e. The van der Waals surface area contributed by atoms with Crippen LogP contribution in [0.5, 0.6) is 0 Å². The van der Waals surface area contributed by atoms with Crippen molar-refractivity contribution in [3.05, 3.63) is 36.0 Å². The monoisotopic (exact) mass is 285 g/mol. The third kappa shape index (κ3) is 2.45. The molecular formula is C15H15N3O3. The molecule has 1 atom stereocenters. The number of rotatable bonds is 3. The van der Waals surface area contributed by atoms with Gasteiger partial charge >= 0.3 is 0 Å². The van der Waals surface area contributed by atoms with E-state index in [4.69, 9.17) is 0 Å². The van der Waals surface area contributed by atoms with E-state index in [1.807, 2.05) is 24.3 Å². The van der Waals surface area contributed by atoms with Crippen LogP contribution in [0.4, 0.5) is 0 Å². The van der Waals surface area contributed by atoms with Gasteiger partial charge in [-0.25, -0.2) is 0 Å². The normalized spacial score (nSPS) is 19.8. The molecule has 2 N–H and O–H groups in total. The number of nitrogens with zero attached hydrogens (tertiary/aromatic N) is 1. The van der Waals surface area contributed by atoms with Crippen molar-refractivity contribution in [2.45, 2.75) is 13.0 Å². The van der Waals surface area contributed by atoms with Gasteiger partial charge in [0.2, 0.25) is 11.8 Å². The average molecular weight is 285 g/mol. The molecule has 3 rings (SSSR count). The zero-order chi connectivity index (χ0) is 15.0. The standard InChI is InChI=1S/C15H15N3O3/c1-9-15(21)17-14(20)8-18(9)7-13(19)11-6-16-12-5-3-2-4-10(11)12/h2-6,9,16H,7-8H2,1H3,(H,17,20,21). The fourth-order valence-electron chi connectivity index (χ4n) is 2.53. The summed E-state index contributed by atoms with van der Waals surface area (Å²) in [5.74, 6) is -0.843. The summed E-state index contributed by atoms with van der Waals surface area (Å²) in [5, 5.41) is 3.11. The second-order valence-electron chi connectivity index (χ2n) is 5.16. The molecule has 108 valence electrons. The maximum Gasteiger partial charge on any atom is 0.243 e. The van der Waals surface area contributed by atoms with Crippen molar-refractivity contribution >= 4 is 28.5 Å². The van der Waals surface area contributed by atoms with E-state index >= 15 is 0 Å². The van der Waals surface area contributed by atoms with E-state index in [0.29, 0.717) is 5.56 Å². The molecule has 2 aromatic rings. The summed E-state index contributed by atoms with van der Waals surface area (Å²) >= 11 is 0. The fraction of sp³-hybridized carbons (Fsp3) is 0.267. The summed E-state index contributed by atoms with van der Waals surface area (Å²) in [6.07, 6.45) is 1.67. The number of para-hydroxylation sites is 1. The Hall–Kier alpha value is -2.47. The molecule has 1 saturated heterocycles. The Morgan fingerprint density at radius 1 is 1.33 bits per heavy atom. The Morgan fingerprint density at radius 2 is 2.10 bits per heavy atom. The van der Waals surface area contributed by atoms with E-state index in [2.05, 4.69) is 10.3 Å². The van der Waals surface area contributed by atoms with E-state index in [0.717, 1.165) is 10.9 Å². The lowest BCUT2D eigenvalue weighted by Gasteiger charge is -2.30. The number of fused-ring (bicyclic) bond motifs is 1. The number of nitrogens with one attached hydrogen (secondary N) is 2. The first-order valence-electron chi connectivity index (χ1n) is 6.73. The van der Waals surface area contributed by atoms with Gasteiger partial charge in [0.15, 0.2) is 5.78 Å². The summed E-state index contributed by atoms with van der Waals surface area (Å²) in [6, 6.07) is 7.04. The molecule has 0 radical (unpaired) electrons. The third-order valence-electron chi connectivity index (χ3n) is 3.77. The predicted octanol–water partition coefficient (Wildman–Crippen LogP) is 0.697. The van der Waals surface area contributed by atoms with Gasteiger partial charge in [-0.15, -0.1) is 0 Å². The molecule has 0 spiro atoms. The topological polar surface area (TPSA) is 82.3 Å². The van der Waals surface area contributed by atoms with Crippen molar-refractivity contribution in [3.8, 4) is 0 Å². The minimum absolute atomic E-state index is 0.0438. The summed E-state index contributed by atoms with van der Waals surface area (Å²) < 4.78 is 0. The summed E-state index contributed by atoms with van der Waals surface area (Å²) in [4.78, 5) is 40.1. The molecule has 1 aliphatic rings. The highest BCUT2D eigenvalue weighted by Gasteiger charge is 2.31. The van der Waals surface area contributed by atoms with Gasteiger partial charge in [0.1, 0.15) is 0 Å². The molecular weight excluding hydrogens is 270 g/mol. The molecule has 1 unspecified atom stereocenters. The number of piperazine rings is 1. The van der Waals surface area contributed by atoms with E-state index in [-0.39, 0.29) is 30.7 Å². The summed E-state index contributed by atoms with van der Waals surface area (Å²) in [6.45, 7) is 1.79. The lowest BCUT2D eigenvalue weighted by molar-refractivity contribution is -0.139. The Morgan fingerprint density at radius 3 is 2.90 bits per heavy atom. The molecule has 1 aromatic heterocycles. The van der Waals surface area contributed by atoms with E-state index in [1.165, 1.54) is 0 Å². The van der Waals surface area contributed by atoms with Crippen LogP contribution in [0.25, 0.3) is 10.9 Å². The van der Waals surface area contributed by atoms with Crippen molar-refractivity contribution in [1.29, 1.82) is 0 Å². The maximum absolute atomic E-state index is 12.4. The number of hydrogen-bond acceptors (Lipinski definition) is 4. The number of hydrogen-bond donors (Lipinski definition) is 2. The highest BCUT2D eigenvalue weighted by Crippen LogP contribution is 2.19. The SMILES string of the molecule is CC1C(=O)NC(=O)CN1CC(=O)c1c[nH]c2ccccc12. The highest BCUT2D eigenvalue weighted by molar-refractivity contribution is 6.09. The number of aromatic amines is 1. The maximum atomic E-state index is 12.4. The molecule has 1 fully saturated rings. The van der Waals surface area contributed by atoms with Crippen LogP contribution in [0.15, 0.2) is 30.5 Å². The van der Waals surface area contributed by atoms with Crippen LogP contribution in [0.1, 0.15) is 17.3 Å². The number of benzene rings is 1. The molecule has 2 heterocycles. The van der Waals surface area contributed by atoms with Crippen molar-refractivity contribution < 1.29 is 14.4 Å².